The average molecular weight is 485 g/mol. The van der Waals surface area contributed by atoms with Crippen LogP contribution >= 0.6 is 11.3 Å². The lowest BCUT2D eigenvalue weighted by atomic mass is 9.97. The number of anilines is 1. The van der Waals surface area contributed by atoms with E-state index in [1.54, 1.807) is 23.1 Å². The van der Waals surface area contributed by atoms with Gasteiger partial charge in [0.1, 0.15) is 23.8 Å². The van der Waals surface area contributed by atoms with Gasteiger partial charge in [-0.25, -0.2) is 9.18 Å². The number of carbonyl (C=O) groups excluding carboxylic acids is 2. The van der Waals surface area contributed by atoms with Crippen LogP contribution in [0.1, 0.15) is 47.3 Å². The minimum absolute atomic E-state index is 0.115. The van der Waals surface area contributed by atoms with Gasteiger partial charge in [-0.3, -0.25) is 10.1 Å². The maximum atomic E-state index is 13.2. The van der Waals surface area contributed by atoms with Gasteiger partial charge in [-0.2, -0.15) is 0 Å². The van der Waals surface area contributed by atoms with Crippen LogP contribution in [0.15, 0.2) is 42.5 Å². The van der Waals surface area contributed by atoms with E-state index in [9.17, 15) is 14.0 Å². The summed E-state index contributed by atoms with van der Waals surface area (Å²) in [5.41, 5.74) is 1.96. The van der Waals surface area contributed by atoms with Crippen molar-refractivity contribution in [3.63, 3.8) is 0 Å². The second-order valence-corrected chi connectivity index (χ2v) is 9.90. The normalized spacial score (nSPS) is 13.2. The van der Waals surface area contributed by atoms with Gasteiger partial charge in [0.2, 0.25) is 5.13 Å². The SMILES string of the molecule is CC(C)(C)OC(=O)N1CCc2cc(C(=O)Nc3nnc(COc4cccc(F)c4)s3)ccc2C1. The summed E-state index contributed by atoms with van der Waals surface area (Å²) in [6, 6.07) is 11.3. The second kappa shape index (κ2) is 9.76. The van der Waals surface area contributed by atoms with Crippen molar-refractivity contribution in [1.29, 1.82) is 0 Å². The fourth-order valence-electron chi connectivity index (χ4n) is 3.41. The molecule has 0 radical (unpaired) electrons. The number of rotatable bonds is 5. The van der Waals surface area contributed by atoms with Gasteiger partial charge < -0.3 is 14.4 Å². The molecule has 1 aliphatic rings. The van der Waals surface area contributed by atoms with Gasteiger partial charge in [0.05, 0.1) is 0 Å². The van der Waals surface area contributed by atoms with Crippen LogP contribution < -0.4 is 10.1 Å². The number of carbonyl (C=O) groups is 2. The molecule has 2 heterocycles. The molecule has 0 atom stereocenters. The number of nitrogens with one attached hydrogen (secondary N) is 1. The van der Waals surface area contributed by atoms with E-state index in [-0.39, 0.29) is 24.4 Å². The van der Waals surface area contributed by atoms with Gasteiger partial charge in [0.15, 0.2) is 5.01 Å². The van der Waals surface area contributed by atoms with Crippen LogP contribution in [0, 0.1) is 5.82 Å². The molecule has 2 amide bonds. The predicted molar refractivity (Wildman–Crippen MR) is 125 cm³/mol. The quantitative estimate of drug-likeness (QED) is 0.559. The van der Waals surface area contributed by atoms with Crippen LogP contribution in [0.25, 0.3) is 0 Å². The minimum atomic E-state index is -0.546. The van der Waals surface area contributed by atoms with E-state index < -0.39 is 5.60 Å². The van der Waals surface area contributed by atoms with Gasteiger partial charge in [0, 0.05) is 24.7 Å². The molecule has 34 heavy (non-hydrogen) atoms. The first-order valence-electron chi connectivity index (χ1n) is 10.8. The van der Waals surface area contributed by atoms with Crippen LogP contribution in [-0.2, 0) is 24.3 Å². The molecule has 0 bridgehead atoms. The lowest BCUT2D eigenvalue weighted by Crippen LogP contribution is -2.39. The summed E-state index contributed by atoms with van der Waals surface area (Å²) in [5, 5.41) is 11.6. The molecule has 10 heteroatoms. The van der Waals surface area contributed by atoms with Gasteiger partial charge >= 0.3 is 6.09 Å². The Morgan fingerprint density at radius 3 is 2.74 bits per heavy atom. The number of halogens is 1. The van der Waals surface area contributed by atoms with Gasteiger partial charge in [-0.05, 0) is 62.6 Å². The van der Waals surface area contributed by atoms with Crippen molar-refractivity contribution < 1.29 is 23.5 Å². The summed E-state index contributed by atoms with van der Waals surface area (Å²) in [7, 11) is 0. The second-order valence-electron chi connectivity index (χ2n) is 8.84. The average Bonchev–Trinajstić information content (AvgIpc) is 3.23. The number of benzene rings is 2. The number of amides is 2. The van der Waals surface area contributed by atoms with Crippen LogP contribution in [-0.4, -0.2) is 39.2 Å². The highest BCUT2D eigenvalue weighted by molar-refractivity contribution is 7.15. The Balaban J connectivity index is 1.34. The van der Waals surface area contributed by atoms with E-state index in [1.807, 2.05) is 32.9 Å². The Hall–Kier alpha value is -3.53. The molecule has 1 aromatic heterocycles. The van der Waals surface area contributed by atoms with Crippen LogP contribution in [0.5, 0.6) is 5.75 Å². The number of nitrogens with zero attached hydrogens (tertiary/aromatic N) is 3. The summed E-state index contributed by atoms with van der Waals surface area (Å²) in [6.07, 6.45) is 0.296. The van der Waals surface area contributed by atoms with Crippen molar-refractivity contribution in [2.45, 2.75) is 45.9 Å². The number of hydrogen-bond acceptors (Lipinski definition) is 7. The van der Waals surface area contributed by atoms with Crippen LogP contribution in [0.4, 0.5) is 14.3 Å². The van der Waals surface area contributed by atoms with Crippen molar-refractivity contribution in [2.75, 3.05) is 11.9 Å². The van der Waals surface area contributed by atoms with Crippen molar-refractivity contribution in [3.8, 4) is 5.75 Å². The third-order valence-corrected chi connectivity index (χ3v) is 5.79. The van der Waals surface area contributed by atoms with Gasteiger partial charge in [-0.15, -0.1) is 10.2 Å². The summed E-state index contributed by atoms with van der Waals surface area (Å²) in [4.78, 5) is 26.7. The molecule has 1 aliphatic heterocycles. The Morgan fingerprint density at radius 2 is 1.97 bits per heavy atom. The van der Waals surface area contributed by atoms with E-state index in [2.05, 4.69) is 15.5 Å². The van der Waals surface area contributed by atoms with Crippen molar-refractivity contribution in [2.24, 2.45) is 0 Å². The molecule has 0 fully saturated rings. The molecule has 4 rings (SSSR count). The molecule has 1 N–H and O–H groups in total. The largest absolute Gasteiger partial charge is 0.486 e. The number of aromatic nitrogens is 2. The third kappa shape index (κ3) is 6.07. The molecule has 178 valence electrons. The standard InChI is InChI=1S/C24H25FN4O4S/c1-24(2,3)33-23(31)29-10-9-15-11-16(7-8-17(15)13-29)21(30)26-22-28-27-20(34-22)14-32-19-6-4-5-18(25)12-19/h4-8,11-12H,9-10,13-14H2,1-3H3,(H,26,28,30). The molecule has 0 unspecified atom stereocenters. The van der Waals surface area contributed by atoms with Crippen LogP contribution in [0.3, 0.4) is 0 Å². The maximum absolute atomic E-state index is 13.2. The molecule has 0 aliphatic carbocycles. The van der Waals surface area contributed by atoms with E-state index >= 15 is 0 Å². The van der Waals surface area contributed by atoms with E-state index in [0.717, 1.165) is 11.1 Å². The first kappa shape index (κ1) is 23.6. The molecule has 0 saturated carbocycles. The van der Waals surface area contributed by atoms with Crippen LogP contribution in [0.2, 0.25) is 0 Å². The highest BCUT2D eigenvalue weighted by Gasteiger charge is 2.26. The molecule has 3 aromatic rings. The first-order valence-corrected chi connectivity index (χ1v) is 11.6. The van der Waals surface area contributed by atoms with Gasteiger partial charge in [0.25, 0.3) is 5.91 Å². The fourth-order valence-corrected chi connectivity index (χ4v) is 4.06. The molecular formula is C24H25FN4O4S. The van der Waals surface area contributed by atoms with E-state index in [1.165, 1.54) is 23.5 Å². The number of hydrogen-bond donors (Lipinski definition) is 1. The molecule has 0 spiro atoms. The van der Waals surface area contributed by atoms with Crippen molar-refractivity contribution in [3.05, 3.63) is 70.0 Å². The zero-order chi connectivity index (χ0) is 24.3. The highest BCUT2D eigenvalue weighted by atomic mass is 32.1. The van der Waals surface area contributed by atoms with E-state index in [0.29, 0.717) is 41.0 Å². The summed E-state index contributed by atoms with van der Waals surface area (Å²) in [5.74, 6) is -0.295. The number of fused-ring (bicyclic) bond motifs is 1. The predicted octanol–water partition coefficient (Wildman–Crippen LogP) is 4.80. The van der Waals surface area contributed by atoms with E-state index in [4.69, 9.17) is 9.47 Å². The zero-order valence-electron chi connectivity index (χ0n) is 19.1. The Labute approximate surface area is 200 Å². The molecule has 8 nitrogen and oxygen atoms in total. The highest BCUT2D eigenvalue weighted by Crippen LogP contribution is 2.24. The monoisotopic (exact) mass is 484 g/mol. The molecular weight excluding hydrogens is 459 g/mol. The maximum Gasteiger partial charge on any atom is 0.410 e. The van der Waals surface area contributed by atoms with Crippen molar-refractivity contribution in [1.82, 2.24) is 15.1 Å². The fraction of sp³-hybridized carbons (Fsp3) is 0.333. The Kier molecular flexibility index (Phi) is 6.78. The summed E-state index contributed by atoms with van der Waals surface area (Å²) >= 11 is 1.19. The topological polar surface area (TPSA) is 93.7 Å². The third-order valence-electron chi connectivity index (χ3n) is 4.98. The smallest absolute Gasteiger partial charge is 0.410 e. The molecule has 0 saturated heterocycles. The lowest BCUT2D eigenvalue weighted by molar-refractivity contribution is 0.0224. The Morgan fingerprint density at radius 1 is 1.15 bits per heavy atom. The van der Waals surface area contributed by atoms with Gasteiger partial charge in [-0.1, -0.05) is 23.5 Å². The minimum Gasteiger partial charge on any atom is -0.486 e. The summed E-state index contributed by atoms with van der Waals surface area (Å²) < 4.78 is 24.2. The number of ether oxygens (including phenoxy) is 2. The summed E-state index contributed by atoms with van der Waals surface area (Å²) in [6.45, 7) is 6.60. The molecule has 2 aromatic carbocycles. The lowest BCUT2D eigenvalue weighted by Gasteiger charge is -2.31. The Bertz CT molecular complexity index is 1210. The zero-order valence-corrected chi connectivity index (χ0v) is 19.9. The van der Waals surface area contributed by atoms with Crippen molar-refractivity contribution >= 4 is 28.5 Å². The first-order chi connectivity index (χ1) is 16.2.